The van der Waals surface area contributed by atoms with Crippen molar-refractivity contribution in [2.75, 3.05) is 6.54 Å². The van der Waals surface area contributed by atoms with E-state index in [1.165, 1.54) is 0 Å². The van der Waals surface area contributed by atoms with Crippen LogP contribution < -0.4 is 15.5 Å². The van der Waals surface area contributed by atoms with Gasteiger partial charge in [0.05, 0.1) is 11.3 Å². The SMILES string of the molecule is CC(Oc1ccc2oc3c(c(=O)c2c1)CCC3)C(=O)NCC1CCC(C(=O)O)CC1. The van der Waals surface area contributed by atoms with E-state index in [2.05, 4.69) is 5.32 Å². The summed E-state index contributed by atoms with van der Waals surface area (Å²) >= 11 is 0. The highest BCUT2D eigenvalue weighted by Crippen LogP contribution is 2.29. The largest absolute Gasteiger partial charge is 0.481 e. The third kappa shape index (κ3) is 4.20. The molecule has 30 heavy (non-hydrogen) atoms. The van der Waals surface area contributed by atoms with Crippen molar-refractivity contribution in [1.82, 2.24) is 5.32 Å². The highest BCUT2D eigenvalue weighted by Gasteiger charge is 2.27. The van der Waals surface area contributed by atoms with Gasteiger partial charge in [0.2, 0.25) is 0 Å². The summed E-state index contributed by atoms with van der Waals surface area (Å²) in [5.74, 6) is 0.323. The van der Waals surface area contributed by atoms with Gasteiger partial charge in [0.1, 0.15) is 17.1 Å². The lowest BCUT2D eigenvalue weighted by molar-refractivity contribution is -0.143. The first-order valence-electron chi connectivity index (χ1n) is 10.7. The van der Waals surface area contributed by atoms with Crippen LogP contribution in [0.15, 0.2) is 27.4 Å². The fraction of sp³-hybridized carbons (Fsp3) is 0.522. The van der Waals surface area contributed by atoms with Gasteiger partial charge < -0.3 is 19.6 Å². The first-order valence-corrected chi connectivity index (χ1v) is 10.7. The summed E-state index contributed by atoms with van der Waals surface area (Å²) in [5.41, 5.74) is 1.29. The van der Waals surface area contributed by atoms with Crippen LogP contribution in [0.1, 0.15) is 50.4 Å². The van der Waals surface area contributed by atoms with Gasteiger partial charge in [-0.2, -0.15) is 0 Å². The first kappa shape index (κ1) is 20.4. The predicted octanol–water partition coefficient (Wildman–Crippen LogP) is 3.06. The van der Waals surface area contributed by atoms with Crippen LogP contribution >= 0.6 is 0 Å². The molecule has 0 aliphatic heterocycles. The lowest BCUT2D eigenvalue weighted by Crippen LogP contribution is -2.39. The van der Waals surface area contributed by atoms with Crippen molar-refractivity contribution >= 4 is 22.8 Å². The Labute approximate surface area is 174 Å². The zero-order valence-electron chi connectivity index (χ0n) is 17.1. The molecule has 2 aromatic rings. The van der Waals surface area contributed by atoms with Crippen LogP contribution in [0.3, 0.4) is 0 Å². The molecule has 1 unspecified atom stereocenters. The molecule has 1 fully saturated rings. The molecule has 0 saturated heterocycles. The maximum atomic E-state index is 12.7. The average Bonchev–Trinajstić information content (AvgIpc) is 3.21. The van der Waals surface area contributed by atoms with Crippen LogP contribution in [0, 0.1) is 11.8 Å². The molecule has 1 aromatic heterocycles. The number of nitrogens with one attached hydrogen (secondary N) is 1. The minimum atomic E-state index is -0.728. The van der Waals surface area contributed by atoms with E-state index < -0.39 is 12.1 Å². The van der Waals surface area contributed by atoms with Crippen LogP contribution in [0.5, 0.6) is 5.75 Å². The van der Waals surface area contributed by atoms with Gasteiger partial charge in [-0.05, 0) is 69.6 Å². The Bertz CT molecular complexity index is 1020. The molecule has 2 N–H and O–H groups in total. The molecule has 7 nitrogen and oxygen atoms in total. The summed E-state index contributed by atoms with van der Waals surface area (Å²) in [7, 11) is 0. The summed E-state index contributed by atoms with van der Waals surface area (Å²) in [4.78, 5) is 36.2. The van der Waals surface area contributed by atoms with Crippen LogP contribution in [-0.2, 0) is 22.4 Å². The van der Waals surface area contributed by atoms with E-state index in [0.717, 1.165) is 43.4 Å². The van der Waals surface area contributed by atoms with Crippen molar-refractivity contribution in [3.63, 3.8) is 0 Å². The molecule has 4 rings (SSSR count). The Balaban J connectivity index is 1.35. The van der Waals surface area contributed by atoms with E-state index in [4.69, 9.17) is 14.3 Å². The lowest BCUT2D eigenvalue weighted by Gasteiger charge is -2.26. The number of carbonyl (C=O) groups excluding carboxylic acids is 1. The molecule has 2 aliphatic rings. The van der Waals surface area contributed by atoms with Crippen molar-refractivity contribution in [3.8, 4) is 5.75 Å². The van der Waals surface area contributed by atoms with Crippen LogP contribution in [0.2, 0.25) is 0 Å². The number of carbonyl (C=O) groups is 2. The molecule has 1 heterocycles. The second-order valence-electron chi connectivity index (χ2n) is 8.41. The van der Waals surface area contributed by atoms with E-state index in [0.29, 0.717) is 42.0 Å². The fourth-order valence-corrected chi connectivity index (χ4v) is 4.47. The van der Waals surface area contributed by atoms with E-state index in [9.17, 15) is 14.4 Å². The van der Waals surface area contributed by atoms with Gasteiger partial charge in [0.25, 0.3) is 5.91 Å². The number of benzene rings is 1. The molecular weight excluding hydrogens is 386 g/mol. The Morgan fingerprint density at radius 3 is 2.73 bits per heavy atom. The van der Waals surface area contributed by atoms with Gasteiger partial charge in [0.15, 0.2) is 11.5 Å². The zero-order chi connectivity index (χ0) is 21.3. The summed E-state index contributed by atoms with van der Waals surface area (Å²) in [6, 6.07) is 5.08. The van der Waals surface area contributed by atoms with E-state index >= 15 is 0 Å². The molecule has 1 atom stereocenters. The minimum absolute atomic E-state index is 0.0109. The number of carboxylic acid groups (broad SMARTS) is 1. The predicted molar refractivity (Wildman–Crippen MR) is 111 cm³/mol. The second kappa shape index (κ2) is 8.50. The Morgan fingerprint density at radius 1 is 1.23 bits per heavy atom. The molecule has 0 spiro atoms. The minimum Gasteiger partial charge on any atom is -0.481 e. The summed E-state index contributed by atoms with van der Waals surface area (Å²) in [6.07, 6.45) is 4.69. The van der Waals surface area contributed by atoms with E-state index in [1.54, 1.807) is 25.1 Å². The standard InChI is InChI=1S/C23H27NO6/c1-13(22(26)24-12-14-5-7-15(8-6-14)23(27)28)29-16-9-10-20-18(11-16)21(25)17-3-2-4-19(17)30-20/h9-11,13-15H,2-8,12H2,1H3,(H,24,26)(H,27,28). The molecule has 0 bridgehead atoms. The quantitative estimate of drug-likeness (QED) is 0.754. The van der Waals surface area contributed by atoms with Crippen molar-refractivity contribution < 1.29 is 23.8 Å². The molecule has 7 heteroatoms. The summed E-state index contributed by atoms with van der Waals surface area (Å²) in [5, 5.41) is 12.5. The van der Waals surface area contributed by atoms with Crippen LogP contribution in [-0.4, -0.2) is 29.6 Å². The maximum Gasteiger partial charge on any atom is 0.306 e. The van der Waals surface area contributed by atoms with Gasteiger partial charge in [-0.25, -0.2) is 0 Å². The summed E-state index contributed by atoms with van der Waals surface area (Å²) in [6.45, 7) is 2.19. The normalized spacial score (nSPS) is 21.8. The number of ether oxygens (including phenoxy) is 1. The third-order valence-corrected chi connectivity index (χ3v) is 6.31. The van der Waals surface area contributed by atoms with Gasteiger partial charge >= 0.3 is 5.97 Å². The van der Waals surface area contributed by atoms with Gasteiger partial charge in [-0.3, -0.25) is 14.4 Å². The van der Waals surface area contributed by atoms with Gasteiger partial charge in [-0.1, -0.05) is 0 Å². The Kier molecular flexibility index (Phi) is 5.79. The molecule has 0 radical (unpaired) electrons. The fourth-order valence-electron chi connectivity index (χ4n) is 4.47. The number of carboxylic acids is 1. The van der Waals surface area contributed by atoms with Crippen molar-refractivity contribution in [3.05, 3.63) is 39.7 Å². The van der Waals surface area contributed by atoms with Crippen molar-refractivity contribution in [1.29, 1.82) is 0 Å². The van der Waals surface area contributed by atoms with Crippen LogP contribution in [0.4, 0.5) is 0 Å². The summed E-state index contributed by atoms with van der Waals surface area (Å²) < 4.78 is 11.6. The maximum absolute atomic E-state index is 12.7. The van der Waals surface area contributed by atoms with Crippen molar-refractivity contribution in [2.45, 2.75) is 58.0 Å². The second-order valence-corrected chi connectivity index (χ2v) is 8.41. The monoisotopic (exact) mass is 413 g/mol. The number of hydrogen-bond donors (Lipinski definition) is 2. The molecule has 1 saturated carbocycles. The zero-order valence-corrected chi connectivity index (χ0v) is 17.1. The topological polar surface area (TPSA) is 106 Å². The first-order chi connectivity index (χ1) is 14.4. The molecule has 1 amide bonds. The Morgan fingerprint density at radius 2 is 2.00 bits per heavy atom. The van der Waals surface area contributed by atoms with Crippen molar-refractivity contribution in [2.24, 2.45) is 11.8 Å². The highest BCUT2D eigenvalue weighted by molar-refractivity contribution is 5.82. The van der Waals surface area contributed by atoms with E-state index in [-0.39, 0.29) is 17.3 Å². The smallest absolute Gasteiger partial charge is 0.306 e. The highest BCUT2D eigenvalue weighted by atomic mass is 16.5. The van der Waals surface area contributed by atoms with E-state index in [1.807, 2.05) is 0 Å². The average molecular weight is 413 g/mol. The molecule has 1 aromatic carbocycles. The van der Waals surface area contributed by atoms with Gasteiger partial charge in [-0.15, -0.1) is 0 Å². The van der Waals surface area contributed by atoms with Crippen LogP contribution in [0.25, 0.3) is 11.0 Å². The molecule has 160 valence electrons. The number of amides is 1. The lowest BCUT2D eigenvalue weighted by atomic mass is 9.82. The number of hydrogen-bond acceptors (Lipinski definition) is 5. The number of rotatable bonds is 6. The van der Waals surface area contributed by atoms with Gasteiger partial charge in [0, 0.05) is 18.5 Å². The number of aliphatic carboxylic acids is 1. The third-order valence-electron chi connectivity index (χ3n) is 6.31. The molecule has 2 aliphatic carbocycles. The number of aryl methyl sites for hydroxylation is 1. The molecular formula is C23H27NO6. The Hall–Kier alpha value is -2.83. The number of fused-ring (bicyclic) bond motifs is 2.